The van der Waals surface area contributed by atoms with Crippen LogP contribution in [0.15, 0.2) is 29.2 Å². The third-order valence-corrected chi connectivity index (χ3v) is 11.0. The number of nitrogens with zero attached hydrogens (tertiary/aromatic N) is 3. The molecule has 1 saturated carbocycles. The number of piperidine rings is 1. The predicted octanol–water partition coefficient (Wildman–Crippen LogP) is 5.44. The van der Waals surface area contributed by atoms with E-state index in [1.165, 1.54) is 23.5 Å². The maximum Gasteiger partial charge on any atom is 0.404 e. The quantitative estimate of drug-likeness (QED) is 0.414. The van der Waals surface area contributed by atoms with E-state index < -0.39 is 22.1 Å². The van der Waals surface area contributed by atoms with Crippen molar-refractivity contribution in [3.63, 3.8) is 0 Å². The summed E-state index contributed by atoms with van der Waals surface area (Å²) in [5, 5.41) is 3.43. The molecular weight excluding hydrogens is 561 g/mol. The third kappa shape index (κ3) is 6.39. The number of carbonyl (C=O) groups is 1. The first kappa shape index (κ1) is 29.5. The van der Waals surface area contributed by atoms with Gasteiger partial charge in [0.1, 0.15) is 6.04 Å². The number of nitrogens with one attached hydrogen (secondary N) is 1. The van der Waals surface area contributed by atoms with Gasteiger partial charge in [-0.2, -0.15) is 13.2 Å². The minimum Gasteiger partial charge on any atom is -0.302 e. The van der Waals surface area contributed by atoms with Gasteiger partial charge >= 0.3 is 6.18 Å². The van der Waals surface area contributed by atoms with Crippen LogP contribution >= 0.6 is 11.3 Å². The summed E-state index contributed by atoms with van der Waals surface area (Å²) in [6.07, 6.45) is -1.61. The molecule has 0 bridgehead atoms. The first-order valence-electron chi connectivity index (χ1n) is 14.0. The fourth-order valence-corrected chi connectivity index (χ4v) is 8.11. The van der Waals surface area contributed by atoms with Gasteiger partial charge in [0.2, 0.25) is 5.91 Å². The highest BCUT2D eigenvalue weighted by atomic mass is 32.2. The molecular formula is C28H37F3N4O3S2. The van der Waals surface area contributed by atoms with Crippen molar-refractivity contribution < 1.29 is 26.4 Å². The molecule has 3 atom stereocenters. The van der Waals surface area contributed by atoms with Crippen LogP contribution in [0.4, 0.5) is 18.3 Å². The summed E-state index contributed by atoms with van der Waals surface area (Å²) < 4.78 is 64.9. The van der Waals surface area contributed by atoms with Crippen molar-refractivity contribution in [2.24, 2.45) is 11.8 Å². The second-order valence-corrected chi connectivity index (χ2v) is 15.0. The van der Waals surface area contributed by atoms with Gasteiger partial charge in [0.15, 0.2) is 15.0 Å². The van der Waals surface area contributed by atoms with E-state index in [0.29, 0.717) is 30.2 Å². The molecule has 0 spiro atoms. The van der Waals surface area contributed by atoms with Gasteiger partial charge in [0.25, 0.3) is 0 Å². The Morgan fingerprint density at radius 2 is 1.85 bits per heavy atom. The van der Waals surface area contributed by atoms with E-state index in [-0.39, 0.29) is 53.3 Å². The molecule has 3 aliphatic rings. The molecule has 3 heterocycles. The number of thiazole rings is 1. The molecule has 0 radical (unpaired) electrons. The number of anilines is 1. The number of sulfone groups is 1. The van der Waals surface area contributed by atoms with Gasteiger partial charge < -0.3 is 5.32 Å². The number of alkyl halides is 3. The minimum absolute atomic E-state index is 0.0223. The van der Waals surface area contributed by atoms with Crippen LogP contribution < -0.4 is 5.32 Å². The summed E-state index contributed by atoms with van der Waals surface area (Å²) in [5.74, 6) is 0.246. The Bertz CT molecular complexity index is 1320. The van der Waals surface area contributed by atoms with Crippen LogP contribution in [0.5, 0.6) is 0 Å². The number of rotatable bonds is 9. The van der Waals surface area contributed by atoms with Crippen LogP contribution in [-0.4, -0.2) is 66.2 Å². The van der Waals surface area contributed by atoms with Crippen molar-refractivity contribution in [1.29, 1.82) is 0 Å². The number of aromatic nitrogens is 1. The number of halogens is 3. The molecule has 0 unspecified atom stereocenters. The molecule has 1 amide bonds. The Kier molecular flexibility index (Phi) is 8.35. The molecule has 1 N–H and O–H groups in total. The van der Waals surface area contributed by atoms with Gasteiger partial charge in [-0.05, 0) is 55.2 Å². The normalized spacial score (nSPS) is 24.4. The molecule has 1 aromatic carbocycles. The van der Waals surface area contributed by atoms with Gasteiger partial charge in [-0.1, -0.05) is 32.9 Å². The largest absolute Gasteiger partial charge is 0.404 e. The molecule has 7 nitrogen and oxygen atoms in total. The lowest BCUT2D eigenvalue weighted by Crippen LogP contribution is -2.53. The minimum atomic E-state index is -4.17. The van der Waals surface area contributed by atoms with Gasteiger partial charge in [0, 0.05) is 30.6 Å². The van der Waals surface area contributed by atoms with Crippen molar-refractivity contribution in [2.75, 3.05) is 24.2 Å². The Labute approximate surface area is 238 Å². The lowest BCUT2D eigenvalue weighted by molar-refractivity contribution is -0.197. The maximum absolute atomic E-state index is 13.6. The highest BCUT2D eigenvalue weighted by molar-refractivity contribution is 7.91. The van der Waals surface area contributed by atoms with Gasteiger partial charge in [0.05, 0.1) is 28.8 Å². The number of carbonyl (C=O) groups excluding carboxylic acids is 1. The maximum atomic E-state index is 13.6. The SMILES string of the molecule is CCS(=O)(=O)c1ccc(CC(=O)Nc2nc3c(s2)CN(C[C@H]2CC[C@@H](C(F)(F)F)N(C4CC4)C2)[C@H]3C(C)C)cc1. The Balaban J connectivity index is 1.20. The zero-order valence-corrected chi connectivity index (χ0v) is 24.7. The summed E-state index contributed by atoms with van der Waals surface area (Å²) in [7, 11) is -3.29. The van der Waals surface area contributed by atoms with Crippen LogP contribution in [0.1, 0.15) is 68.6 Å². The lowest BCUT2D eigenvalue weighted by atomic mass is 9.90. The van der Waals surface area contributed by atoms with Crippen LogP contribution in [0, 0.1) is 11.8 Å². The van der Waals surface area contributed by atoms with Crippen molar-refractivity contribution >= 4 is 32.2 Å². The number of fused-ring (bicyclic) bond motifs is 1. The van der Waals surface area contributed by atoms with Crippen LogP contribution in [-0.2, 0) is 27.6 Å². The topological polar surface area (TPSA) is 82.6 Å². The van der Waals surface area contributed by atoms with E-state index in [1.54, 1.807) is 24.0 Å². The average molecular weight is 599 g/mol. The van der Waals surface area contributed by atoms with Gasteiger partial charge in [-0.3, -0.25) is 14.6 Å². The van der Waals surface area contributed by atoms with E-state index in [2.05, 4.69) is 24.1 Å². The molecule has 5 rings (SSSR count). The lowest BCUT2D eigenvalue weighted by Gasteiger charge is -2.42. The van der Waals surface area contributed by atoms with E-state index in [0.717, 1.165) is 30.0 Å². The molecule has 1 aromatic heterocycles. The highest BCUT2D eigenvalue weighted by Gasteiger charge is 2.50. The highest BCUT2D eigenvalue weighted by Crippen LogP contribution is 2.45. The molecule has 2 fully saturated rings. The number of hydrogen-bond donors (Lipinski definition) is 1. The first-order chi connectivity index (χ1) is 18.9. The number of amides is 1. The van der Waals surface area contributed by atoms with Gasteiger partial charge in [-0.15, -0.1) is 11.3 Å². The molecule has 12 heteroatoms. The summed E-state index contributed by atoms with van der Waals surface area (Å²) in [4.78, 5) is 22.9. The summed E-state index contributed by atoms with van der Waals surface area (Å²) >= 11 is 1.45. The standard InChI is InChI=1S/C28H37F3N4O3S2/c1-4-40(37,38)21-10-5-18(6-11-21)13-24(36)32-27-33-25-22(39-27)16-34(26(25)17(2)3)14-19-7-12-23(28(29,30)31)35(15-19)20-8-9-20/h5-6,10-11,17,19-20,23,26H,4,7-9,12-16H2,1-3H3,(H,32,33,36)/t19-,23+,26+/m1/s1. The average Bonchev–Trinajstić information content (AvgIpc) is 3.58. The number of benzene rings is 1. The molecule has 40 heavy (non-hydrogen) atoms. The predicted molar refractivity (Wildman–Crippen MR) is 149 cm³/mol. The van der Waals surface area contributed by atoms with Crippen LogP contribution in [0.3, 0.4) is 0 Å². The Hall–Kier alpha value is -2.02. The monoisotopic (exact) mass is 598 g/mol. The van der Waals surface area contributed by atoms with E-state index >= 15 is 0 Å². The molecule has 2 aromatic rings. The number of likely N-dealkylation sites (tertiary alicyclic amines) is 1. The summed E-state index contributed by atoms with van der Waals surface area (Å²) in [6.45, 7) is 7.76. The second kappa shape index (κ2) is 11.3. The third-order valence-electron chi connectivity index (χ3n) is 8.26. The molecule has 220 valence electrons. The van der Waals surface area contributed by atoms with E-state index in [1.807, 2.05) is 0 Å². The van der Waals surface area contributed by atoms with Crippen molar-refractivity contribution in [1.82, 2.24) is 14.8 Å². The van der Waals surface area contributed by atoms with E-state index in [9.17, 15) is 26.4 Å². The van der Waals surface area contributed by atoms with Crippen LogP contribution in [0.25, 0.3) is 0 Å². The van der Waals surface area contributed by atoms with E-state index in [4.69, 9.17) is 4.98 Å². The fourth-order valence-electron chi connectivity index (χ4n) is 6.18. The second-order valence-electron chi connectivity index (χ2n) is 11.6. The Morgan fingerprint density at radius 3 is 2.45 bits per heavy atom. The smallest absolute Gasteiger partial charge is 0.302 e. The van der Waals surface area contributed by atoms with Gasteiger partial charge in [-0.25, -0.2) is 13.4 Å². The van der Waals surface area contributed by atoms with Crippen molar-refractivity contribution in [3.8, 4) is 0 Å². The molecule has 1 aliphatic carbocycles. The molecule has 1 saturated heterocycles. The molecule has 2 aliphatic heterocycles. The van der Waals surface area contributed by atoms with Crippen molar-refractivity contribution in [3.05, 3.63) is 40.4 Å². The zero-order chi connectivity index (χ0) is 28.8. The summed E-state index contributed by atoms with van der Waals surface area (Å²) in [6, 6.07) is 5.19. The van der Waals surface area contributed by atoms with Crippen LogP contribution in [0.2, 0.25) is 0 Å². The number of hydrogen-bond acceptors (Lipinski definition) is 7. The fraction of sp³-hybridized carbons (Fsp3) is 0.643. The summed E-state index contributed by atoms with van der Waals surface area (Å²) in [5.41, 5.74) is 1.66. The zero-order valence-electron chi connectivity index (χ0n) is 23.1. The Morgan fingerprint density at radius 1 is 1.15 bits per heavy atom. The van der Waals surface area contributed by atoms with Crippen molar-refractivity contribution in [2.45, 2.75) is 88.6 Å². The first-order valence-corrected chi connectivity index (χ1v) is 16.5.